The van der Waals surface area contributed by atoms with Crippen LogP contribution < -0.4 is 5.32 Å². The molecule has 1 saturated heterocycles. The summed E-state index contributed by atoms with van der Waals surface area (Å²) in [4.78, 5) is 43.4. The molecule has 1 N–H and O–H groups in total. The minimum atomic E-state index is -0.648. The number of benzene rings is 1. The van der Waals surface area contributed by atoms with Gasteiger partial charge in [0.25, 0.3) is 5.91 Å². The quantitative estimate of drug-likeness (QED) is 0.734. The molecule has 1 aromatic carbocycles. The summed E-state index contributed by atoms with van der Waals surface area (Å²) in [5, 5.41) is 11.6. The summed E-state index contributed by atoms with van der Waals surface area (Å²) in [6.07, 6.45) is 0. The second-order valence-electron chi connectivity index (χ2n) is 6.52. The van der Waals surface area contributed by atoms with Gasteiger partial charge < -0.3 is 15.0 Å². The number of esters is 1. The Hall–Kier alpha value is -3.38. The summed E-state index contributed by atoms with van der Waals surface area (Å²) >= 11 is 1.48. The smallest absolute Gasteiger partial charge is 0.339 e. The third kappa shape index (κ3) is 4.60. The molecule has 1 aliphatic rings. The van der Waals surface area contributed by atoms with Crippen LogP contribution in [-0.2, 0) is 9.53 Å². The number of nitrogens with zero attached hydrogens (tertiary/aromatic N) is 3. The first-order chi connectivity index (χ1) is 14.4. The van der Waals surface area contributed by atoms with Gasteiger partial charge in [0, 0.05) is 11.4 Å². The summed E-state index contributed by atoms with van der Waals surface area (Å²) in [6.45, 7) is 3.60. The number of amides is 2. The first-order valence-corrected chi connectivity index (χ1v) is 10.4. The lowest BCUT2D eigenvalue weighted by Gasteiger charge is -2.23. The van der Waals surface area contributed by atoms with Crippen molar-refractivity contribution in [2.24, 2.45) is 0 Å². The molecule has 2 amide bonds. The predicted molar refractivity (Wildman–Crippen MR) is 112 cm³/mol. The molecule has 0 radical (unpaired) electrons. The average molecular weight is 424 g/mol. The molecule has 2 aromatic rings. The minimum absolute atomic E-state index is 0.166. The van der Waals surface area contributed by atoms with Crippen molar-refractivity contribution in [3.05, 3.63) is 58.9 Å². The van der Waals surface area contributed by atoms with E-state index in [2.05, 4.69) is 10.3 Å². The van der Waals surface area contributed by atoms with Gasteiger partial charge in [-0.3, -0.25) is 9.59 Å². The molecule has 1 aromatic heterocycles. The Kier molecular flexibility index (Phi) is 6.69. The van der Waals surface area contributed by atoms with Crippen LogP contribution in [0.3, 0.4) is 0 Å². The van der Waals surface area contributed by atoms with Crippen LogP contribution in [-0.4, -0.2) is 51.9 Å². The van der Waals surface area contributed by atoms with Gasteiger partial charge in [-0.1, -0.05) is 0 Å². The van der Waals surface area contributed by atoms with Crippen molar-refractivity contribution in [1.29, 1.82) is 5.26 Å². The molecule has 8 nitrogen and oxygen atoms in total. The molecule has 1 atom stereocenters. The number of anilines is 1. The van der Waals surface area contributed by atoms with Crippen molar-refractivity contribution in [3.63, 3.8) is 0 Å². The Bertz CT molecular complexity index is 1020. The summed E-state index contributed by atoms with van der Waals surface area (Å²) in [7, 11) is 0. The lowest BCUT2D eigenvalue weighted by molar-refractivity contribution is -0.119. The highest BCUT2D eigenvalue weighted by molar-refractivity contribution is 7.99. The monoisotopic (exact) mass is 424 g/mol. The highest BCUT2D eigenvalue weighted by atomic mass is 32.2. The second kappa shape index (κ2) is 9.41. The van der Waals surface area contributed by atoms with E-state index in [0.29, 0.717) is 34.1 Å². The van der Waals surface area contributed by atoms with Gasteiger partial charge >= 0.3 is 5.97 Å². The van der Waals surface area contributed by atoms with Gasteiger partial charge in [-0.05, 0) is 50.2 Å². The molecule has 154 valence electrons. The van der Waals surface area contributed by atoms with Crippen LogP contribution in [0.25, 0.3) is 0 Å². The Balaban J connectivity index is 1.73. The van der Waals surface area contributed by atoms with E-state index < -0.39 is 12.0 Å². The second-order valence-corrected chi connectivity index (χ2v) is 7.52. The molecule has 0 saturated carbocycles. The van der Waals surface area contributed by atoms with E-state index in [1.807, 2.05) is 6.07 Å². The van der Waals surface area contributed by atoms with Crippen LogP contribution in [0.1, 0.15) is 39.0 Å². The maximum absolute atomic E-state index is 13.0. The number of thioether (sulfide) groups is 1. The van der Waals surface area contributed by atoms with E-state index in [1.165, 1.54) is 28.8 Å². The highest BCUT2D eigenvalue weighted by Gasteiger charge is 2.36. The van der Waals surface area contributed by atoms with E-state index in [-0.39, 0.29) is 24.1 Å². The number of nitriles is 1. The van der Waals surface area contributed by atoms with Crippen LogP contribution in [0.2, 0.25) is 0 Å². The summed E-state index contributed by atoms with van der Waals surface area (Å²) in [5.74, 6) is -0.340. The van der Waals surface area contributed by atoms with Crippen molar-refractivity contribution >= 4 is 35.2 Å². The first kappa shape index (κ1) is 21.3. The van der Waals surface area contributed by atoms with Crippen molar-refractivity contribution in [2.45, 2.75) is 19.9 Å². The molecule has 2 heterocycles. The van der Waals surface area contributed by atoms with Crippen LogP contribution in [0.15, 0.2) is 36.4 Å². The van der Waals surface area contributed by atoms with Gasteiger partial charge in [0.2, 0.25) is 5.91 Å². The molecule has 0 spiro atoms. The maximum atomic E-state index is 13.0. The van der Waals surface area contributed by atoms with Crippen LogP contribution in [0, 0.1) is 18.3 Å². The van der Waals surface area contributed by atoms with Crippen molar-refractivity contribution in [3.8, 4) is 6.07 Å². The predicted octanol–water partition coefficient (Wildman–Crippen LogP) is 2.59. The Morgan fingerprint density at radius 3 is 2.63 bits per heavy atom. The van der Waals surface area contributed by atoms with Gasteiger partial charge in [-0.2, -0.15) is 5.26 Å². The highest BCUT2D eigenvalue weighted by Crippen LogP contribution is 2.24. The molecule has 0 aliphatic carbocycles. The third-order valence-corrected chi connectivity index (χ3v) is 5.54. The molecule has 0 bridgehead atoms. The summed E-state index contributed by atoms with van der Waals surface area (Å²) in [5.41, 5.74) is 1.91. The SMILES string of the molecule is CCOC(=O)c1ccc(C(=O)N2CSCC2C(=O)Nc2ccc(C#N)cc2)nc1C. The third-order valence-electron chi connectivity index (χ3n) is 4.53. The topological polar surface area (TPSA) is 112 Å². The molecule has 1 fully saturated rings. The first-order valence-electron chi connectivity index (χ1n) is 9.29. The number of hydrogen-bond acceptors (Lipinski definition) is 7. The van der Waals surface area contributed by atoms with E-state index in [1.54, 1.807) is 38.1 Å². The fourth-order valence-electron chi connectivity index (χ4n) is 2.97. The number of rotatable bonds is 5. The zero-order chi connectivity index (χ0) is 21.7. The number of pyridine rings is 1. The largest absolute Gasteiger partial charge is 0.462 e. The Labute approximate surface area is 178 Å². The van der Waals surface area contributed by atoms with Crippen molar-refractivity contribution in [1.82, 2.24) is 9.88 Å². The average Bonchev–Trinajstić information content (AvgIpc) is 3.24. The number of ether oxygens (including phenoxy) is 1. The number of carbonyl (C=O) groups is 3. The zero-order valence-electron chi connectivity index (χ0n) is 16.5. The van der Waals surface area contributed by atoms with Gasteiger partial charge in [0.05, 0.1) is 35.4 Å². The lowest BCUT2D eigenvalue weighted by atomic mass is 10.1. The molecule has 1 aliphatic heterocycles. The van der Waals surface area contributed by atoms with Gasteiger partial charge in [-0.25, -0.2) is 9.78 Å². The standard InChI is InChI=1S/C21H20N4O4S/c1-3-29-21(28)16-8-9-17(23-13(16)2)20(27)25-12-30-11-18(25)19(26)24-15-6-4-14(10-22)5-7-15/h4-9,18H,3,11-12H2,1-2H3,(H,24,26). The fourth-order valence-corrected chi connectivity index (χ4v) is 4.12. The van der Waals surface area contributed by atoms with E-state index >= 15 is 0 Å². The fraction of sp³-hybridized carbons (Fsp3) is 0.286. The number of nitrogens with one attached hydrogen (secondary N) is 1. The van der Waals surface area contributed by atoms with Crippen molar-refractivity contribution in [2.75, 3.05) is 23.6 Å². The minimum Gasteiger partial charge on any atom is -0.462 e. The Morgan fingerprint density at radius 2 is 2.00 bits per heavy atom. The van der Waals surface area contributed by atoms with E-state index in [0.717, 1.165) is 0 Å². The van der Waals surface area contributed by atoms with Gasteiger partial charge in [0.15, 0.2) is 0 Å². The van der Waals surface area contributed by atoms with Crippen LogP contribution in [0.4, 0.5) is 5.69 Å². The number of hydrogen-bond donors (Lipinski definition) is 1. The number of aromatic nitrogens is 1. The number of aryl methyl sites for hydroxylation is 1. The van der Waals surface area contributed by atoms with Crippen LogP contribution >= 0.6 is 11.8 Å². The summed E-state index contributed by atoms with van der Waals surface area (Å²) < 4.78 is 4.98. The summed E-state index contributed by atoms with van der Waals surface area (Å²) in [6, 6.07) is 10.9. The molecular formula is C21H20N4O4S. The Morgan fingerprint density at radius 1 is 1.27 bits per heavy atom. The van der Waals surface area contributed by atoms with Crippen LogP contribution in [0.5, 0.6) is 0 Å². The lowest BCUT2D eigenvalue weighted by Crippen LogP contribution is -2.44. The zero-order valence-corrected chi connectivity index (χ0v) is 17.4. The van der Waals surface area contributed by atoms with E-state index in [4.69, 9.17) is 10.00 Å². The normalized spacial score (nSPS) is 15.4. The maximum Gasteiger partial charge on any atom is 0.339 e. The van der Waals surface area contributed by atoms with Gasteiger partial charge in [-0.15, -0.1) is 11.8 Å². The van der Waals surface area contributed by atoms with Gasteiger partial charge in [0.1, 0.15) is 11.7 Å². The van der Waals surface area contributed by atoms with Crippen molar-refractivity contribution < 1.29 is 19.1 Å². The van der Waals surface area contributed by atoms with E-state index in [9.17, 15) is 14.4 Å². The molecule has 30 heavy (non-hydrogen) atoms. The number of carbonyl (C=O) groups excluding carboxylic acids is 3. The molecular weight excluding hydrogens is 404 g/mol. The molecule has 1 unspecified atom stereocenters. The molecule has 3 rings (SSSR count). The molecule has 9 heteroatoms.